The highest BCUT2D eigenvalue weighted by molar-refractivity contribution is 5.58. The molecule has 0 aliphatic carbocycles. The molecule has 0 N–H and O–H groups in total. The molecule has 0 unspecified atom stereocenters. The minimum atomic E-state index is 0.711. The predicted octanol–water partition coefficient (Wildman–Crippen LogP) is 1.96. The molecule has 1 aliphatic rings. The van der Waals surface area contributed by atoms with Crippen LogP contribution in [0.25, 0.3) is 0 Å². The first-order valence-electron chi connectivity index (χ1n) is 7.72. The van der Waals surface area contributed by atoms with Crippen LogP contribution in [0.5, 0.6) is 5.75 Å². The summed E-state index contributed by atoms with van der Waals surface area (Å²) in [4.78, 5) is 9.08. The first kappa shape index (κ1) is 14.8. The summed E-state index contributed by atoms with van der Waals surface area (Å²) in [6, 6.07) is 8.17. The van der Waals surface area contributed by atoms with E-state index in [-0.39, 0.29) is 0 Å². The highest BCUT2D eigenvalue weighted by Gasteiger charge is 2.21. The van der Waals surface area contributed by atoms with Crippen molar-refractivity contribution in [3.05, 3.63) is 36.0 Å². The van der Waals surface area contributed by atoms with Crippen LogP contribution in [0.3, 0.4) is 0 Å². The lowest BCUT2D eigenvalue weighted by molar-refractivity contribution is 0.215. The number of hydrogen-bond acceptors (Lipinski definition) is 6. The van der Waals surface area contributed by atoms with Gasteiger partial charge in [-0.3, -0.25) is 4.90 Å². The number of aromatic nitrogens is 2. The summed E-state index contributed by atoms with van der Waals surface area (Å²) in [5.74, 6) is 2.42. The number of piperazine rings is 1. The Morgan fingerprint density at radius 2 is 1.95 bits per heavy atom. The summed E-state index contributed by atoms with van der Waals surface area (Å²) < 4.78 is 10.7. The second kappa shape index (κ2) is 6.79. The van der Waals surface area contributed by atoms with Crippen LogP contribution >= 0.6 is 0 Å². The Balaban J connectivity index is 1.58. The van der Waals surface area contributed by atoms with E-state index in [0.717, 1.165) is 56.4 Å². The Labute approximate surface area is 130 Å². The second-order valence-electron chi connectivity index (χ2n) is 5.39. The first-order chi connectivity index (χ1) is 10.8. The van der Waals surface area contributed by atoms with Gasteiger partial charge in [0.25, 0.3) is 0 Å². The van der Waals surface area contributed by atoms with Crippen molar-refractivity contribution >= 4 is 5.69 Å². The highest BCUT2D eigenvalue weighted by Crippen LogP contribution is 2.28. The molecule has 0 amide bonds. The van der Waals surface area contributed by atoms with Gasteiger partial charge >= 0.3 is 0 Å². The molecule has 22 heavy (non-hydrogen) atoms. The minimum absolute atomic E-state index is 0.711. The topological polar surface area (TPSA) is 54.6 Å². The van der Waals surface area contributed by atoms with E-state index in [4.69, 9.17) is 9.26 Å². The quantitative estimate of drug-likeness (QED) is 0.841. The van der Waals surface area contributed by atoms with Gasteiger partial charge in [-0.15, -0.1) is 0 Å². The molecule has 6 heteroatoms. The number of anilines is 1. The van der Waals surface area contributed by atoms with Crippen LogP contribution in [0.15, 0.2) is 28.8 Å². The van der Waals surface area contributed by atoms with Crippen molar-refractivity contribution in [3.63, 3.8) is 0 Å². The van der Waals surface area contributed by atoms with Crippen molar-refractivity contribution < 1.29 is 9.26 Å². The van der Waals surface area contributed by atoms with Crippen molar-refractivity contribution in [1.29, 1.82) is 0 Å². The van der Waals surface area contributed by atoms with Gasteiger partial charge in [0.05, 0.1) is 19.3 Å². The number of benzene rings is 1. The number of hydrogen-bond donors (Lipinski definition) is 0. The van der Waals surface area contributed by atoms with Crippen LogP contribution in [0.2, 0.25) is 0 Å². The number of methoxy groups -OCH3 is 1. The maximum atomic E-state index is 5.45. The van der Waals surface area contributed by atoms with Crippen LogP contribution in [0, 0.1) is 0 Å². The van der Waals surface area contributed by atoms with Crippen molar-refractivity contribution in [2.24, 2.45) is 0 Å². The molecule has 118 valence electrons. The van der Waals surface area contributed by atoms with E-state index in [1.54, 1.807) is 7.11 Å². The number of ether oxygens (including phenoxy) is 1. The Kier molecular flexibility index (Phi) is 4.58. The predicted molar refractivity (Wildman–Crippen MR) is 84.2 cm³/mol. The van der Waals surface area contributed by atoms with Gasteiger partial charge in [0, 0.05) is 32.6 Å². The van der Waals surface area contributed by atoms with Crippen molar-refractivity contribution in [1.82, 2.24) is 15.0 Å². The van der Waals surface area contributed by atoms with Crippen LogP contribution in [-0.4, -0.2) is 48.3 Å². The van der Waals surface area contributed by atoms with E-state index >= 15 is 0 Å². The zero-order valence-corrected chi connectivity index (χ0v) is 13.2. The van der Waals surface area contributed by atoms with E-state index in [2.05, 4.69) is 32.1 Å². The molecule has 2 aromatic rings. The third kappa shape index (κ3) is 3.22. The highest BCUT2D eigenvalue weighted by atomic mass is 16.5. The summed E-state index contributed by atoms with van der Waals surface area (Å²) in [5.41, 5.74) is 1.16. The van der Waals surface area contributed by atoms with Gasteiger partial charge in [0.2, 0.25) is 5.89 Å². The SMILES string of the molecule is CCc1noc(CN2CCN(c3ccccc3OC)CC2)n1. The molecule has 1 aromatic carbocycles. The monoisotopic (exact) mass is 302 g/mol. The fourth-order valence-electron chi connectivity index (χ4n) is 2.73. The van der Waals surface area contributed by atoms with Gasteiger partial charge in [0.15, 0.2) is 5.82 Å². The van der Waals surface area contributed by atoms with Gasteiger partial charge in [-0.1, -0.05) is 24.2 Å². The Bertz CT molecular complexity index is 606. The summed E-state index contributed by atoms with van der Waals surface area (Å²) >= 11 is 0. The summed E-state index contributed by atoms with van der Waals surface area (Å²) in [6.07, 6.45) is 0.811. The largest absolute Gasteiger partial charge is 0.495 e. The standard InChI is InChI=1S/C16H22N4O2/c1-3-15-17-16(22-18-15)12-19-8-10-20(11-9-19)13-6-4-5-7-14(13)21-2/h4-7H,3,8-12H2,1-2H3. The molecule has 0 radical (unpaired) electrons. The molecule has 0 spiro atoms. The molecular weight excluding hydrogens is 280 g/mol. The summed E-state index contributed by atoms with van der Waals surface area (Å²) in [5, 5.41) is 3.95. The van der Waals surface area contributed by atoms with E-state index in [1.165, 1.54) is 0 Å². The third-order valence-electron chi connectivity index (χ3n) is 3.98. The van der Waals surface area contributed by atoms with Crippen LogP contribution in [0.1, 0.15) is 18.6 Å². The molecule has 1 aromatic heterocycles. The molecule has 3 rings (SSSR count). The van der Waals surface area contributed by atoms with Crippen LogP contribution < -0.4 is 9.64 Å². The van der Waals surface area contributed by atoms with Gasteiger partial charge in [-0.2, -0.15) is 4.98 Å². The lowest BCUT2D eigenvalue weighted by Crippen LogP contribution is -2.46. The van der Waals surface area contributed by atoms with Crippen molar-refractivity contribution in [2.45, 2.75) is 19.9 Å². The molecule has 2 heterocycles. The van der Waals surface area contributed by atoms with Crippen LogP contribution in [-0.2, 0) is 13.0 Å². The molecule has 0 saturated carbocycles. The molecule has 0 bridgehead atoms. The zero-order valence-electron chi connectivity index (χ0n) is 13.2. The molecule has 1 saturated heterocycles. The van der Waals surface area contributed by atoms with Crippen molar-refractivity contribution in [3.8, 4) is 5.75 Å². The normalized spacial score (nSPS) is 16.0. The van der Waals surface area contributed by atoms with Crippen LogP contribution in [0.4, 0.5) is 5.69 Å². The number of para-hydroxylation sites is 2. The van der Waals surface area contributed by atoms with E-state index in [0.29, 0.717) is 5.89 Å². The fraction of sp³-hybridized carbons (Fsp3) is 0.500. The molecule has 1 fully saturated rings. The van der Waals surface area contributed by atoms with Gasteiger partial charge in [0.1, 0.15) is 5.75 Å². The number of aryl methyl sites for hydroxylation is 1. The minimum Gasteiger partial charge on any atom is -0.495 e. The van der Waals surface area contributed by atoms with Crippen molar-refractivity contribution in [2.75, 3.05) is 38.2 Å². The van der Waals surface area contributed by atoms with Gasteiger partial charge < -0.3 is 14.2 Å². The fourth-order valence-corrected chi connectivity index (χ4v) is 2.73. The summed E-state index contributed by atoms with van der Waals surface area (Å²) in [7, 11) is 1.72. The summed E-state index contributed by atoms with van der Waals surface area (Å²) in [6.45, 7) is 6.64. The Hall–Kier alpha value is -2.08. The zero-order chi connectivity index (χ0) is 15.4. The van der Waals surface area contributed by atoms with E-state index in [1.807, 2.05) is 19.1 Å². The second-order valence-corrected chi connectivity index (χ2v) is 5.39. The molecule has 0 atom stereocenters. The van der Waals surface area contributed by atoms with E-state index in [9.17, 15) is 0 Å². The molecular formula is C16H22N4O2. The molecule has 1 aliphatic heterocycles. The smallest absolute Gasteiger partial charge is 0.240 e. The average Bonchev–Trinajstić information content (AvgIpc) is 3.03. The lowest BCUT2D eigenvalue weighted by Gasteiger charge is -2.35. The maximum Gasteiger partial charge on any atom is 0.240 e. The Morgan fingerprint density at radius 1 is 1.18 bits per heavy atom. The first-order valence-corrected chi connectivity index (χ1v) is 7.72. The average molecular weight is 302 g/mol. The maximum absolute atomic E-state index is 5.45. The van der Waals surface area contributed by atoms with Gasteiger partial charge in [-0.25, -0.2) is 0 Å². The molecule has 6 nitrogen and oxygen atoms in total. The lowest BCUT2D eigenvalue weighted by atomic mass is 10.2. The number of nitrogens with zero attached hydrogens (tertiary/aromatic N) is 4. The third-order valence-corrected chi connectivity index (χ3v) is 3.98. The number of rotatable bonds is 5. The Morgan fingerprint density at radius 3 is 2.64 bits per heavy atom. The van der Waals surface area contributed by atoms with Gasteiger partial charge in [-0.05, 0) is 12.1 Å². The van der Waals surface area contributed by atoms with E-state index < -0.39 is 0 Å².